The van der Waals surface area contributed by atoms with Crippen molar-refractivity contribution in [3.63, 3.8) is 0 Å². The maximum Gasteiger partial charge on any atom is 0.326 e. The molecule has 0 aromatic carbocycles. The smallest absolute Gasteiger partial charge is 0.326 e. The van der Waals surface area contributed by atoms with Crippen LogP contribution < -0.4 is 5.32 Å². The molecule has 0 saturated carbocycles. The van der Waals surface area contributed by atoms with E-state index in [4.69, 9.17) is 9.84 Å². The molecule has 6 heteroatoms. The lowest BCUT2D eigenvalue weighted by Gasteiger charge is -2.13. The second kappa shape index (κ2) is 7.56. The van der Waals surface area contributed by atoms with E-state index in [9.17, 15) is 9.59 Å². The van der Waals surface area contributed by atoms with Gasteiger partial charge in [-0.05, 0) is 37.3 Å². The van der Waals surface area contributed by atoms with Crippen LogP contribution in [0.5, 0.6) is 0 Å². The SMILES string of the molecule is COCCC(NC(=O)c1cc2c(s1)CCCCC2)C(=O)O. The maximum atomic E-state index is 12.2. The van der Waals surface area contributed by atoms with Gasteiger partial charge in [-0.3, -0.25) is 4.79 Å². The Bertz CT molecular complexity index is 488. The highest BCUT2D eigenvalue weighted by atomic mass is 32.1. The normalized spacial score (nSPS) is 15.9. The van der Waals surface area contributed by atoms with Crippen molar-refractivity contribution in [3.05, 3.63) is 21.4 Å². The van der Waals surface area contributed by atoms with Crippen LogP contribution >= 0.6 is 11.3 Å². The summed E-state index contributed by atoms with van der Waals surface area (Å²) in [6.45, 7) is 0.304. The third kappa shape index (κ3) is 4.28. The van der Waals surface area contributed by atoms with Gasteiger partial charge in [-0.15, -0.1) is 11.3 Å². The minimum atomic E-state index is -1.03. The Kier molecular flexibility index (Phi) is 5.76. The van der Waals surface area contributed by atoms with Gasteiger partial charge in [-0.1, -0.05) is 6.42 Å². The summed E-state index contributed by atoms with van der Waals surface area (Å²) in [6, 6.07) is 1.02. The number of hydrogen-bond acceptors (Lipinski definition) is 4. The Morgan fingerprint density at radius 1 is 1.38 bits per heavy atom. The number of thiophene rings is 1. The fraction of sp³-hybridized carbons (Fsp3) is 0.600. The molecular formula is C15H21NO4S. The Balaban J connectivity index is 2.03. The van der Waals surface area contributed by atoms with E-state index >= 15 is 0 Å². The van der Waals surface area contributed by atoms with Gasteiger partial charge in [0.05, 0.1) is 4.88 Å². The number of carboxylic acid groups (broad SMARTS) is 1. The summed E-state index contributed by atoms with van der Waals surface area (Å²) in [5, 5.41) is 11.7. The van der Waals surface area contributed by atoms with Gasteiger partial charge in [0.2, 0.25) is 0 Å². The molecule has 21 heavy (non-hydrogen) atoms. The van der Waals surface area contributed by atoms with E-state index in [1.165, 1.54) is 41.7 Å². The van der Waals surface area contributed by atoms with Crippen molar-refractivity contribution in [2.45, 2.75) is 44.6 Å². The molecule has 1 aromatic heterocycles. The second-order valence-corrected chi connectivity index (χ2v) is 6.40. The first-order chi connectivity index (χ1) is 10.1. The number of nitrogens with one attached hydrogen (secondary N) is 1. The Morgan fingerprint density at radius 3 is 2.86 bits per heavy atom. The molecule has 0 bridgehead atoms. The van der Waals surface area contributed by atoms with E-state index in [2.05, 4.69) is 5.32 Å². The van der Waals surface area contributed by atoms with E-state index in [-0.39, 0.29) is 12.3 Å². The number of rotatable bonds is 6. The number of carboxylic acids is 1. The minimum Gasteiger partial charge on any atom is -0.480 e. The third-order valence-corrected chi connectivity index (χ3v) is 4.92. The zero-order valence-corrected chi connectivity index (χ0v) is 13.0. The van der Waals surface area contributed by atoms with Gasteiger partial charge in [0.15, 0.2) is 0 Å². The predicted molar refractivity (Wildman–Crippen MR) is 81.0 cm³/mol. The van der Waals surface area contributed by atoms with Crippen molar-refractivity contribution in [2.75, 3.05) is 13.7 Å². The predicted octanol–water partition coefficient (Wildman–Crippen LogP) is 2.24. The lowest BCUT2D eigenvalue weighted by molar-refractivity contribution is -0.139. The first-order valence-corrected chi connectivity index (χ1v) is 8.07. The van der Waals surface area contributed by atoms with Gasteiger partial charge in [-0.25, -0.2) is 4.79 Å². The number of fused-ring (bicyclic) bond motifs is 1. The highest BCUT2D eigenvalue weighted by Gasteiger charge is 2.22. The summed E-state index contributed by atoms with van der Waals surface area (Å²) in [5.74, 6) is -1.32. The van der Waals surface area contributed by atoms with Crippen LogP contribution in [-0.4, -0.2) is 36.7 Å². The molecule has 1 unspecified atom stereocenters. The van der Waals surface area contributed by atoms with E-state index in [0.29, 0.717) is 11.5 Å². The summed E-state index contributed by atoms with van der Waals surface area (Å²) in [4.78, 5) is 25.3. The van der Waals surface area contributed by atoms with Crippen LogP contribution in [0.15, 0.2) is 6.07 Å². The van der Waals surface area contributed by atoms with Gasteiger partial charge in [0.1, 0.15) is 6.04 Å². The van der Waals surface area contributed by atoms with Gasteiger partial charge >= 0.3 is 5.97 Å². The average Bonchev–Trinajstić information content (AvgIpc) is 2.74. The van der Waals surface area contributed by atoms with Crippen molar-refractivity contribution in [3.8, 4) is 0 Å². The third-order valence-electron chi connectivity index (χ3n) is 3.68. The first-order valence-electron chi connectivity index (χ1n) is 7.26. The number of carbonyl (C=O) groups is 2. The number of hydrogen-bond donors (Lipinski definition) is 2. The minimum absolute atomic E-state index is 0.267. The van der Waals surface area contributed by atoms with Crippen LogP contribution in [0, 0.1) is 0 Å². The molecule has 5 nitrogen and oxygen atoms in total. The molecule has 116 valence electrons. The zero-order valence-electron chi connectivity index (χ0n) is 12.2. The molecule has 1 heterocycles. The molecule has 0 radical (unpaired) electrons. The Morgan fingerprint density at radius 2 is 2.14 bits per heavy atom. The van der Waals surface area contributed by atoms with E-state index in [1.807, 2.05) is 6.07 Å². The molecule has 0 spiro atoms. The zero-order chi connectivity index (χ0) is 15.2. The van der Waals surface area contributed by atoms with Crippen molar-refractivity contribution in [2.24, 2.45) is 0 Å². The lowest BCUT2D eigenvalue weighted by Crippen LogP contribution is -2.41. The largest absolute Gasteiger partial charge is 0.480 e. The van der Waals surface area contributed by atoms with Gasteiger partial charge in [0.25, 0.3) is 5.91 Å². The Labute approximate surface area is 128 Å². The number of carbonyl (C=O) groups excluding carboxylic acids is 1. The number of aliphatic carboxylic acids is 1. The fourth-order valence-electron chi connectivity index (χ4n) is 2.50. The quantitative estimate of drug-likeness (QED) is 0.790. The highest BCUT2D eigenvalue weighted by Crippen LogP contribution is 2.29. The van der Waals surface area contributed by atoms with Gasteiger partial charge in [0, 0.05) is 25.0 Å². The van der Waals surface area contributed by atoms with E-state index in [0.717, 1.165) is 19.3 Å². The maximum absolute atomic E-state index is 12.2. The molecule has 1 aliphatic rings. The van der Waals surface area contributed by atoms with Gasteiger partial charge in [-0.2, -0.15) is 0 Å². The van der Waals surface area contributed by atoms with E-state index in [1.54, 1.807) is 0 Å². The standard InChI is InChI=1S/C15H21NO4S/c1-20-8-7-11(15(18)19)16-14(17)13-9-10-5-3-2-4-6-12(10)21-13/h9,11H,2-8H2,1H3,(H,16,17)(H,18,19). The molecule has 2 rings (SSSR count). The van der Waals surface area contributed by atoms with Crippen LogP contribution in [0.3, 0.4) is 0 Å². The lowest BCUT2D eigenvalue weighted by atomic mass is 10.1. The topological polar surface area (TPSA) is 75.6 Å². The molecule has 0 fully saturated rings. The summed E-state index contributed by atoms with van der Waals surface area (Å²) >= 11 is 1.50. The number of aryl methyl sites for hydroxylation is 2. The monoisotopic (exact) mass is 311 g/mol. The summed E-state index contributed by atoms with van der Waals surface area (Å²) < 4.78 is 4.88. The van der Waals surface area contributed by atoms with E-state index < -0.39 is 12.0 Å². The molecule has 0 aliphatic heterocycles. The molecule has 1 atom stereocenters. The van der Waals surface area contributed by atoms with Crippen LogP contribution in [0.25, 0.3) is 0 Å². The first kappa shape index (κ1) is 16.0. The highest BCUT2D eigenvalue weighted by molar-refractivity contribution is 7.14. The number of amides is 1. The van der Waals surface area contributed by atoms with Crippen LogP contribution in [0.2, 0.25) is 0 Å². The van der Waals surface area contributed by atoms with Gasteiger partial charge < -0.3 is 15.2 Å². The number of methoxy groups -OCH3 is 1. The molecule has 1 amide bonds. The molecular weight excluding hydrogens is 290 g/mol. The van der Waals surface area contributed by atoms with Crippen LogP contribution in [0.4, 0.5) is 0 Å². The van der Waals surface area contributed by atoms with Crippen molar-refractivity contribution < 1.29 is 19.4 Å². The fourth-order valence-corrected chi connectivity index (χ4v) is 3.66. The average molecular weight is 311 g/mol. The second-order valence-electron chi connectivity index (χ2n) is 5.27. The van der Waals surface area contributed by atoms with Crippen LogP contribution in [-0.2, 0) is 22.4 Å². The van der Waals surface area contributed by atoms with Crippen molar-refractivity contribution >= 4 is 23.2 Å². The van der Waals surface area contributed by atoms with Crippen molar-refractivity contribution in [1.29, 1.82) is 0 Å². The summed E-state index contributed by atoms with van der Waals surface area (Å²) in [5.41, 5.74) is 1.26. The molecule has 0 saturated heterocycles. The van der Waals surface area contributed by atoms with Crippen LogP contribution in [0.1, 0.15) is 45.8 Å². The number of ether oxygens (including phenoxy) is 1. The Hall–Kier alpha value is -1.40. The van der Waals surface area contributed by atoms with Crippen molar-refractivity contribution in [1.82, 2.24) is 5.32 Å². The molecule has 1 aromatic rings. The summed E-state index contributed by atoms with van der Waals surface area (Å²) in [6.07, 6.45) is 5.88. The summed E-state index contributed by atoms with van der Waals surface area (Å²) in [7, 11) is 1.51. The molecule has 2 N–H and O–H groups in total. The molecule has 1 aliphatic carbocycles.